The van der Waals surface area contributed by atoms with Gasteiger partial charge in [-0.25, -0.2) is 4.57 Å². The molecule has 0 unspecified atom stereocenters. The Labute approximate surface area is 192 Å². The number of benzene rings is 3. The van der Waals surface area contributed by atoms with Gasteiger partial charge in [-0.05, 0) is 47.5 Å². The van der Waals surface area contributed by atoms with Gasteiger partial charge in [0.25, 0.3) is 0 Å². The van der Waals surface area contributed by atoms with E-state index in [-0.39, 0.29) is 0 Å². The molecule has 2 heterocycles. The van der Waals surface area contributed by atoms with Gasteiger partial charge in [0.15, 0.2) is 6.20 Å². The quantitative estimate of drug-likeness (QED) is 0.273. The average Bonchev–Trinajstić information content (AvgIpc) is 3.17. The molecular weight excluding hydrogens is 390 g/mol. The lowest BCUT2D eigenvalue weighted by Crippen LogP contribution is -2.31. The summed E-state index contributed by atoms with van der Waals surface area (Å²) in [4.78, 5) is 0. The summed E-state index contributed by atoms with van der Waals surface area (Å²) in [7, 11) is 2.06. The van der Waals surface area contributed by atoms with Gasteiger partial charge in [-0.15, -0.1) is 0 Å². The van der Waals surface area contributed by atoms with E-state index >= 15 is 0 Å². The smallest absolute Gasteiger partial charge is 0.216 e. The third-order valence-electron chi connectivity index (χ3n) is 5.88. The number of pyridine rings is 1. The largest absolute Gasteiger partial charge is 0.455 e. The van der Waals surface area contributed by atoms with Gasteiger partial charge in [0, 0.05) is 25.1 Å². The van der Waals surface area contributed by atoms with Crippen LogP contribution in [0, 0.1) is 12.3 Å². The number of furan rings is 1. The van der Waals surface area contributed by atoms with Gasteiger partial charge in [-0.1, -0.05) is 75.4 Å². The van der Waals surface area contributed by atoms with Gasteiger partial charge < -0.3 is 4.42 Å². The molecule has 0 fully saturated rings. The second-order valence-corrected chi connectivity index (χ2v) is 9.60. The molecule has 0 aliphatic carbocycles. The van der Waals surface area contributed by atoms with Crippen LogP contribution in [0.1, 0.15) is 34.6 Å². The van der Waals surface area contributed by atoms with Gasteiger partial charge in [-0.3, -0.25) is 0 Å². The van der Waals surface area contributed by atoms with Crippen molar-refractivity contribution in [2.24, 2.45) is 12.5 Å². The summed E-state index contributed by atoms with van der Waals surface area (Å²) >= 11 is 0. The molecule has 0 saturated carbocycles. The van der Waals surface area contributed by atoms with Crippen LogP contribution in [0.4, 0.5) is 0 Å². The Hall–Kier alpha value is -3.39. The Kier molecular flexibility index (Phi) is 4.34. The second-order valence-electron chi connectivity index (χ2n) is 9.60. The van der Waals surface area contributed by atoms with Crippen molar-refractivity contribution in [2.45, 2.75) is 34.1 Å². The number of aryl methyl sites for hydroxylation is 2. The van der Waals surface area contributed by atoms with E-state index in [4.69, 9.17) is 7.16 Å². The van der Waals surface area contributed by atoms with Crippen LogP contribution in [0.25, 0.3) is 44.3 Å². The van der Waals surface area contributed by atoms with Crippen LogP contribution in [0.3, 0.4) is 0 Å². The molecule has 0 aliphatic rings. The topological polar surface area (TPSA) is 17.0 Å². The molecule has 0 spiro atoms. The number of para-hydroxylation sites is 1. The van der Waals surface area contributed by atoms with Crippen LogP contribution in [0.2, 0.25) is 0 Å². The predicted molar refractivity (Wildman–Crippen MR) is 134 cm³/mol. The van der Waals surface area contributed by atoms with Crippen LogP contribution < -0.4 is 4.57 Å². The van der Waals surface area contributed by atoms with Crippen molar-refractivity contribution in [3.05, 3.63) is 90.1 Å². The molecule has 5 aromatic rings. The number of hydrogen-bond acceptors (Lipinski definition) is 1. The highest BCUT2D eigenvalue weighted by atomic mass is 16.3. The molecule has 160 valence electrons. The highest BCUT2D eigenvalue weighted by Gasteiger charge is 2.21. The van der Waals surface area contributed by atoms with Gasteiger partial charge in [-0.2, -0.15) is 0 Å². The van der Waals surface area contributed by atoms with Gasteiger partial charge in [0.1, 0.15) is 18.2 Å². The predicted octanol–water partition coefficient (Wildman–Crippen LogP) is 7.64. The summed E-state index contributed by atoms with van der Waals surface area (Å²) in [6.45, 7) is 7.93. The number of rotatable bonds is 3. The molecule has 0 atom stereocenters. The first-order chi connectivity index (χ1) is 16.1. The maximum absolute atomic E-state index is 8.53. The van der Waals surface area contributed by atoms with Crippen molar-refractivity contribution < 1.29 is 11.7 Å². The fourth-order valence-corrected chi connectivity index (χ4v) is 4.42. The average molecular weight is 423 g/mol. The molecule has 0 bridgehead atoms. The third-order valence-corrected chi connectivity index (χ3v) is 5.88. The number of hydrogen-bond donors (Lipinski definition) is 0. The molecule has 0 radical (unpaired) electrons. The molecular formula is C30H30NO+. The summed E-state index contributed by atoms with van der Waals surface area (Å²) in [6, 6.07) is 24.6. The van der Waals surface area contributed by atoms with Gasteiger partial charge in [0.05, 0.1) is 5.56 Å². The van der Waals surface area contributed by atoms with E-state index in [1.165, 1.54) is 5.56 Å². The van der Waals surface area contributed by atoms with E-state index in [2.05, 4.69) is 55.1 Å². The van der Waals surface area contributed by atoms with Crippen molar-refractivity contribution >= 4 is 21.9 Å². The van der Waals surface area contributed by atoms with Crippen molar-refractivity contribution in [3.8, 4) is 22.4 Å². The van der Waals surface area contributed by atoms with E-state index in [1.807, 2.05) is 63.2 Å². The molecule has 0 saturated heterocycles. The minimum Gasteiger partial charge on any atom is -0.455 e. The van der Waals surface area contributed by atoms with Crippen LogP contribution in [0.15, 0.2) is 83.4 Å². The molecule has 32 heavy (non-hydrogen) atoms. The highest BCUT2D eigenvalue weighted by Crippen LogP contribution is 2.37. The Morgan fingerprint density at radius 3 is 2.28 bits per heavy atom. The lowest BCUT2D eigenvalue weighted by Gasteiger charge is -2.18. The van der Waals surface area contributed by atoms with E-state index in [9.17, 15) is 0 Å². The van der Waals surface area contributed by atoms with Crippen molar-refractivity contribution in [1.29, 1.82) is 0 Å². The Morgan fingerprint density at radius 2 is 1.56 bits per heavy atom. The highest BCUT2D eigenvalue weighted by molar-refractivity contribution is 6.09. The second kappa shape index (κ2) is 7.63. The van der Waals surface area contributed by atoms with Crippen molar-refractivity contribution in [2.75, 3.05) is 0 Å². The zero-order chi connectivity index (χ0) is 24.3. The summed E-state index contributed by atoms with van der Waals surface area (Å²) < 4.78 is 25.5. The van der Waals surface area contributed by atoms with E-state index < -0.39 is 11.8 Å². The minimum absolute atomic E-state index is 0.474. The zero-order valence-electron chi connectivity index (χ0n) is 21.4. The monoisotopic (exact) mass is 422 g/mol. The molecule has 2 heteroatoms. The normalized spacial score (nSPS) is 13.4. The maximum atomic E-state index is 8.53. The molecule has 5 rings (SSSR count). The van der Waals surface area contributed by atoms with Crippen molar-refractivity contribution in [3.63, 3.8) is 0 Å². The molecule has 0 aliphatic heterocycles. The minimum atomic E-state index is -1.40. The first-order valence-electron chi connectivity index (χ1n) is 12.1. The standard InChI is InChI=1S/C30H30NO/c1-20-10-16-25-24-8-6-7-9-27(24)32-29(25)28(20)26-17-15-23(19-31(26)5)22-13-11-21(12-14-22)18-30(2,3)4/h6-17,19H,18H2,1-5H3/q+1/i18D2. The first-order valence-corrected chi connectivity index (χ1v) is 11.1. The zero-order valence-corrected chi connectivity index (χ0v) is 19.4. The Bertz CT molecular complexity index is 1520. The Morgan fingerprint density at radius 1 is 0.844 bits per heavy atom. The fourth-order valence-electron chi connectivity index (χ4n) is 4.42. The summed E-state index contributed by atoms with van der Waals surface area (Å²) in [5.74, 6) is 0. The lowest BCUT2D eigenvalue weighted by molar-refractivity contribution is -0.659. The summed E-state index contributed by atoms with van der Waals surface area (Å²) in [5.41, 5.74) is 7.57. The third kappa shape index (κ3) is 3.71. The van der Waals surface area contributed by atoms with Crippen LogP contribution >= 0.6 is 0 Å². The van der Waals surface area contributed by atoms with Crippen LogP contribution in [0.5, 0.6) is 0 Å². The van der Waals surface area contributed by atoms with E-state index in [1.54, 1.807) is 0 Å². The van der Waals surface area contributed by atoms with Gasteiger partial charge >= 0.3 is 0 Å². The number of fused-ring (bicyclic) bond motifs is 3. The summed E-state index contributed by atoms with van der Waals surface area (Å²) in [5, 5.41) is 2.26. The van der Waals surface area contributed by atoms with E-state index in [0.29, 0.717) is 5.56 Å². The lowest BCUT2D eigenvalue weighted by atomic mass is 9.88. The molecule has 2 aromatic heterocycles. The fraction of sp³-hybridized carbons (Fsp3) is 0.233. The van der Waals surface area contributed by atoms with Gasteiger partial charge in [0.2, 0.25) is 5.69 Å². The molecule has 0 amide bonds. The van der Waals surface area contributed by atoms with Crippen LogP contribution in [-0.4, -0.2) is 0 Å². The maximum Gasteiger partial charge on any atom is 0.216 e. The first kappa shape index (κ1) is 18.2. The molecule has 0 N–H and O–H groups in total. The Balaban J connectivity index is 1.57. The van der Waals surface area contributed by atoms with Crippen molar-refractivity contribution in [1.82, 2.24) is 0 Å². The number of aromatic nitrogens is 1. The van der Waals surface area contributed by atoms with E-state index in [0.717, 1.165) is 44.3 Å². The summed E-state index contributed by atoms with van der Waals surface area (Å²) in [6.07, 6.45) is 0.729. The number of nitrogens with zero attached hydrogens (tertiary/aromatic N) is 1. The van der Waals surface area contributed by atoms with Crippen LogP contribution in [-0.2, 0) is 13.4 Å². The molecule has 3 aromatic carbocycles. The molecule has 2 nitrogen and oxygen atoms in total. The SMILES string of the molecule is [2H]C([2H])(c1ccc(-c2ccc(-c3c(C)ccc4c3oc3ccccc34)[n+](C)c2)cc1)C(C)(C)C.